The van der Waals surface area contributed by atoms with Crippen LogP contribution in [-0.4, -0.2) is 32.8 Å². The highest BCUT2D eigenvalue weighted by Gasteiger charge is 2.23. The predicted molar refractivity (Wildman–Crippen MR) is 75.8 cm³/mol. The van der Waals surface area contributed by atoms with E-state index in [1.807, 2.05) is 19.9 Å². The number of hydrogen-bond acceptors (Lipinski definition) is 2. The molecule has 1 aromatic carbocycles. The normalized spacial score (nSPS) is 12.5. The SMILES string of the molecule is COCCNC(N)=NCC(C)(C)c1ccccc1F. The number of ether oxygens (including phenoxy) is 1. The highest BCUT2D eigenvalue weighted by Crippen LogP contribution is 2.25. The first-order valence-electron chi connectivity index (χ1n) is 6.25. The van der Waals surface area contributed by atoms with Crippen LogP contribution in [0.3, 0.4) is 0 Å². The third-order valence-corrected chi connectivity index (χ3v) is 2.86. The fraction of sp³-hybridized carbons (Fsp3) is 0.500. The molecule has 0 aromatic heterocycles. The van der Waals surface area contributed by atoms with Crippen molar-refractivity contribution in [3.63, 3.8) is 0 Å². The first-order valence-corrected chi connectivity index (χ1v) is 6.25. The van der Waals surface area contributed by atoms with Gasteiger partial charge in [-0.3, -0.25) is 4.99 Å². The van der Waals surface area contributed by atoms with Crippen molar-refractivity contribution >= 4 is 5.96 Å². The second kappa shape index (κ2) is 7.09. The standard InChI is InChI=1S/C14H22FN3O/c1-14(2,11-6-4-5-7-12(11)15)10-18-13(16)17-8-9-19-3/h4-7H,8-10H2,1-3H3,(H3,16,17,18). The zero-order valence-corrected chi connectivity index (χ0v) is 11.7. The van der Waals surface area contributed by atoms with Crippen LogP contribution in [0.4, 0.5) is 4.39 Å². The van der Waals surface area contributed by atoms with E-state index in [0.717, 1.165) is 0 Å². The summed E-state index contributed by atoms with van der Waals surface area (Å²) in [5.41, 5.74) is 5.97. The highest BCUT2D eigenvalue weighted by atomic mass is 19.1. The topological polar surface area (TPSA) is 59.6 Å². The van der Waals surface area contributed by atoms with E-state index in [-0.39, 0.29) is 5.82 Å². The van der Waals surface area contributed by atoms with Gasteiger partial charge in [-0.25, -0.2) is 4.39 Å². The van der Waals surface area contributed by atoms with Gasteiger partial charge in [0.2, 0.25) is 0 Å². The monoisotopic (exact) mass is 267 g/mol. The Bertz CT molecular complexity index is 432. The van der Waals surface area contributed by atoms with Crippen molar-refractivity contribution in [2.45, 2.75) is 19.3 Å². The van der Waals surface area contributed by atoms with Crippen LogP contribution in [0.15, 0.2) is 29.3 Å². The summed E-state index contributed by atoms with van der Waals surface area (Å²) in [4.78, 5) is 4.25. The molecule has 0 saturated heterocycles. The van der Waals surface area contributed by atoms with Gasteiger partial charge in [0, 0.05) is 19.1 Å². The van der Waals surface area contributed by atoms with E-state index in [1.165, 1.54) is 6.07 Å². The largest absolute Gasteiger partial charge is 0.383 e. The highest BCUT2D eigenvalue weighted by molar-refractivity contribution is 5.77. The number of halogens is 1. The molecular formula is C14H22FN3O. The Morgan fingerprint density at radius 1 is 1.42 bits per heavy atom. The van der Waals surface area contributed by atoms with Gasteiger partial charge >= 0.3 is 0 Å². The molecule has 106 valence electrons. The molecule has 0 aliphatic heterocycles. The number of hydrogen-bond donors (Lipinski definition) is 2. The van der Waals surface area contributed by atoms with Crippen LogP contribution in [0.2, 0.25) is 0 Å². The molecule has 19 heavy (non-hydrogen) atoms. The lowest BCUT2D eigenvalue weighted by molar-refractivity contribution is 0.204. The van der Waals surface area contributed by atoms with Gasteiger partial charge in [-0.15, -0.1) is 0 Å². The first kappa shape index (κ1) is 15.4. The summed E-state index contributed by atoms with van der Waals surface area (Å²) in [6.45, 7) is 5.47. The van der Waals surface area contributed by atoms with E-state index in [2.05, 4.69) is 10.3 Å². The number of guanidine groups is 1. The maximum atomic E-state index is 13.7. The molecule has 0 heterocycles. The van der Waals surface area contributed by atoms with Crippen molar-refractivity contribution in [1.82, 2.24) is 5.32 Å². The van der Waals surface area contributed by atoms with Crippen LogP contribution in [0.5, 0.6) is 0 Å². The fourth-order valence-electron chi connectivity index (χ4n) is 1.72. The zero-order chi connectivity index (χ0) is 14.3. The second-order valence-electron chi connectivity index (χ2n) is 4.98. The number of aliphatic imine (C=N–C) groups is 1. The minimum Gasteiger partial charge on any atom is -0.383 e. The second-order valence-corrected chi connectivity index (χ2v) is 4.98. The third kappa shape index (κ3) is 4.87. The average molecular weight is 267 g/mol. The first-order chi connectivity index (χ1) is 8.97. The van der Waals surface area contributed by atoms with Gasteiger partial charge in [-0.1, -0.05) is 32.0 Å². The Kier molecular flexibility index (Phi) is 5.76. The third-order valence-electron chi connectivity index (χ3n) is 2.86. The van der Waals surface area contributed by atoms with E-state index < -0.39 is 5.41 Å². The Morgan fingerprint density at radius 2 is 2.11 bits per heavy atom. The van der Waals surface area contributed by atoms with E-state index in [9.17, 15) is 4.39 Å². The molecule has 0 saturated carbocycles. The Morgan fingerprint density at radius 3 is 2.74 bits per heavy atom. The molecule has 4 nitrogen and oxygen atoms in total. The molecule has 1 aromatic rings. The molecule has 0 atom stereocenters. The van der Waals surface area contributed by atoms with Crippen LogP contribution in [0.1, 0.15) is 19.4 Å². The lowest BCUT2D eigenvalue weighted by atomic mass is 9.84. The van der Waals surface area contributed by atoms with Crippen molar-refractivity contribution in [1.29, 1.82) is 0 Å². The Labute approximate surface area is 113 Å². The molecule has 5 heteroatoms. The number of nitrogens with two attached hydrogens (primary N) is 1. The minimum atomic E-state index is -0.404. The summed E-state index contributed by atoms with van der Waals surface area (Å²) < 4.78 is 18.6. The summed E-state index contributed by atoms with van der Waals surface area (Å²) in [7, 11) is 1.62. The number of nitrogens with zero attached hydrogens (tertiary/aromatic N) is 1. The van der Waals surface area contributed by atoms with Crippen molar-refractivity contribution in [3.8, 4) is 0 Å². The molecule has 0 unspecified atom stereocenters. The molecule has 0 aliphatic rings. The summed E-state index contributed by atoms with van der Waals surface area (Å²) in [6, 6.07) is 6.74. The van der Waals surface area contributed by atoms with Gasteiger partial charge in [0.05, 0.1) is 13.2 Å². The number of benzene rings is 1. The summed E-state index contributed by atoms with van der Waals surface area (Å²) in [5.74, 6) is 0.134. The molecule has 0 amide bonds. The van der Waals surface area contributed by atoms with Gasteiger partial charge < -0.3 is 15.8 Å². The molecule has 0 fully saturated rings. The van der Waals surface area contributed by atoms with Crippen LogP contribution in [0.25, 0.3) is 0 Å². The molecule has 1 rings (SSSR count). The van der Waals surface area contributed by atoms with Gasteiger partial charge in [-0.2, -0.15) is 0 Å². The van der Waals surface area contributed by atoms with Crippen LogP contribution < -0.4 is 11.1 Å². The zero-order valence-electron chi connectivity index (χ0n) is 11.7. The Hall–Kier alpha value is -1.62. The quantitative estimate of drug-likeness (QED) is 0.468. The van der Waals surface area contributed by atoms with Crippen molar-refractivity contribution in [2.75, 3.05) is 26.8 Å². The molecule has 3 N–H and O–H groups in total. The van der Waals surface area contributed by atoms with Gasteiger partial charge in [-0.05, 0) is 11.6 Å². The van der Waals surface area contributed by atoms with Gasteiger partial charge in [0.25, 0.3) is 0 Å². The summed E-state index contributed by atoms with van der Waals surface area (Å²) >= 11 is 0. The predicted octanol–water partition coefficient (Wildman–Crippen LogP) is 1.65. The van der Waals surface area contributed by atoms with Crippen molar-refractivity contribution < 1.29 is 9.13 Å². The molecular weight excluding hydrogens is 245 g/mol. The summed E-state index contributed by atoms with van der Waals surface area (Å²) in [5, 5.41) is 2.93. The van der Waals surface area contributed by atoms with Crippen molar-refractivity contribution in [2.24, 2.45) is 10.7 Å². The number of nitrogens with one attached hydrogen (secondary N) is 1. The maximum absolute atomic E-state index is 13.7. The minimum absolute atomic E-state index is 0.214. The number of methoxy groups -OCH3 is 1. The van der Waals surface area contributed by atoms with E-state index in [4.69, 9.17) is 10.5 Å². The lowest BCUT2D eigenvalue weighted by Crippen LogP contribution is -2.35. The Balaban J connectivity index is 2.64. The van der Waals surface area contributed by atoms with Gasteiger partial charge in [0.1, 0.15) is 5.82 Å². The fourth-order valence-corrected chi connectivity index (χ4v) is 1.72. The average Bonchev–Trinajstić information content (AvgIpc) is 2.37. The number of rotatable bonds is 6. The summed E-state index contributed by atoms with van der Waals surface area (Å²) in [6.07, 6.45) is 0. The molecule has 0 spiro atoms. The lowest BCUT2D eigenvalue weighted by Gasteiger charge is -2.23. The van der Waals surface area contributed by atoms with Crippen molar-refractivity contribution in [3.05, 3.63) is 35.6 Å². The molecule has 0 aliphatic carbocycles. The van der Waals surface area contributed by atoms with E-state index >= 15 is 0 Å². The van der Waals surface area contributed by atoms with E-state index in [0.29, 0.717) is 31.2 Å². The van der Waals surface area contributed by atoms with Crippen LogP contribution in [0, 0.1) is 5.82 Å². The van der Waals surface area contributed by atoms with E-state index in [1.54, 1.807) is 19.2 Å². The molecule has 0 bridgehead atoms. The van der Waals surface area contributed by atoms with Crippen LogP contribution >= 0.6 is 0 Å². The van der Waals surface area contributed by atoms with Crippen LogP contribution in [-0.2, 0) is 10.2 Å². The van der Waals surface area contributed by atoms with Gasteiger partial charge in [0.15, 0.2) is 5.96 Å². The molecule has 0 radical (unpaired) electrons. The maximum Gasteiger partial charge on any atom is 0.188 e. The smallest absolute Gasteiger partial charge is 0.188 e.